The van der Waals surface area contributed by atoms with Gasteiger partial charge in [-0.25, -0.2) is 23.2 Å². The highest BCUT2D eigenvalue weighted by atomic mass is 32.2. The topological polar surface area (TPSA) is 117 Å². The number of anilines is 1. The number of ether oxygens (including phenoxy) is 2. The summed E-state index contributed by atoms with van der Waals surface area (Å²) in [5, 5.41) is 4.22. The van der Waals surface area contributed by atoms with Crippen LogP contribution in [-0.4, -0.2) is 59.4 Å². The maximum atomic E-state index is 13.0. The van der Waals surface area contributed by atoms with Gasteiger partial charge in [-0.15, -0.1) is 0 Å². The predicted molar refractivity (Wildman–Crippen MR) is 127 cm³/mol. The van der Waals surface area contributed by atoms with Crippen molar-refractivity contribution in [1.82, 2.24) is 19.7 Å². The Hall–Kier alpha value is -3.68. The van der Waals surface area contributed by atoms with Gasteiger partial charge in [-0.3, -0.25) is 9.58 Å². The summed E-state index contributed by atoms with van der Waals surface area (Å²) >= 11 is 0. The summed E-state index contributed by atoms with van der Waals surface area (Å²) in [6.45, 7) is 2.01. The summed E-state index contributed by atoms with van der Waals surface area (Å²) in [4.78, 5) is 21.5. The van der Waals surface area contributed by atoms with E-state index in [1.165, 1.54) is 22.9 Å². The Morgan fingerprint density at radius 3 is 2.51 bits per heavy atom. The third-order valence-corrected chi connectivity index (χ3v) is 6.83. The average molecular weight is 540 g/mol. The van der Waals surface area contributed by atoms with Crippen LogP contribution in [0.4, 0.5) is 23.7 Å². The van der Waals surface area contributed by atoms with E-state index < -0.39 is 27.7 Å². The van der Waals surface area contributed by atoms with Crippen LogP contribution in [0.15, 0.2) is 36.9 Å². The van der Waals surface area contributed by atoms with Crippen LogP contribution in [0.1, 0.15) is 24.5 Å². The maximum Gasteiger partial charge on any atom is 0.419 e. The number of aryl methyl sites for hydroxylation is 1. The Morgan fingerprint density at radius 1 is 1.19 bits per heavy atom. The molecule has 4 rings (SSSR count). The number of halogens is 3. The smallest absolute Gasteiger partial charge is 0.419 e. The summed E-state index contributed by atoms with van der Waals surface area (Å²) in [6.07, 6.45) is 1.45. The standard InChI is InChI=1S/C23H24F3N5O5S/c1-14-4-5-18-19(31(14)22(32)35-2)7-6-17(15-10-29-30(13-15)8-9-37(3,33)34)20(18)36-21-27-11-16(12-28-21)23(24,25)26/h6-7,10-14H,4-5,8-9H2,1-3H3/t14-/m0/s1. The van der Waals surface area contributed by atoms with Crippen LogP contribution in [0.3, 0.4) is 0 Å². The third kappa shape index (κ3) is 5.84. The maximum absolute atomic E-state index is 13.0. The normalized spacial score (nSPS) is 15.8. The molecule has 0 saturated heterocycles. The summed E-state index contributed by atoms with van der Waals surface area (Å²) < 4.78 is 74.3. The molecule has 2 aromatic heterocycles. The molecular formula is C23H24F3N5O5S. The summed E-state index contributed by atoms with van der Waals surface area (Å²) in [6, 6.07) is 2.94. The second-order valence-electron chi connectivity index (χ2n) is 8.64. The van der Waals surface area contributed by atoms with Gasteiger partial charge in [0, 0.05) is 47.6 Å². The zero-order valence-corrected chi connectivity index (χ0v) is 21.0. The molecule has 1 aliphatic rings. The zero-order chi connectivity index (χ0) is 27.0. The Labute approximate surface area is 211 Å². The van der Waals surface area contributed by atoms with Crippen LogP contribution >= 0.6 is 0 Å². The lowest BCUT2D eigenvalue weighted by atomic mass is 9.92. The third-order valence-electron chi connectivity index (χ3n) is 5.90. The lowest BCUT2D eigenvalue weighted by Crippen LogP contribution is -2.42. The monoisotopic (exact) mass is 539 g/mol. The molecule has 10 nitrogen and oxygen atoms in total. The number of amides is 1. The fraction of sp³-hybridized carbons (Fsp3) is 0.391. The molecule has 1 amide bonds. The van der Waals surface area contributed by atoms with Crippen molar-refractivity contribution in [3.8, 4) is 22.9 Å². The molecule has 1 aliphatic heterocycles. The molecule has 1 atom stereocenters. The van der Waals surface area contributed by atoms with Gasteiger partial charge in [-0.1, -0.05) is 0 Å². The number of fused-ring (bicyclic) bond motifs is 1. The van der Waals surface area contributed by atoms with Crippen molar-refractivity contribution in [2.24, 2.45) is 0 Å². The quantitative estimate of drug-likeness (QED) is 0.460. The number of hydrogen-bond acceptors (Lipinski definition) is 8. The number of carbonyl (C=O) groups is 1. The number of carbonyl (C=O) groups excluding carboxylic acids is 1. The molecule has 0 N–H and O–H groups in total. The van der Waals surface area contributed by atoms with Crippen molar-refractivity contribution in [3.05, 3.63) is 48.0 Å². The number of nitrogens with zero attached hydrogens (tertiary/aromatic N) is 5. The molecular weight excluding hydrogens is 515 g/mol. The van der Waals surface area contributed by atoms with E-state index in [2.05, 4.69) is 15.1 Å². The van der Waals surface area contributed by atoms with Gasteiger partial charge in [0.05, 0.1) is 36.9 Å². The van der Waals surface area contributed by atoms with Gasteiger partial charge < -0.3 is 9.47 Å². The molecule has 1 aromatic carbocycles. The lowest BCUT2D eigenvalue weighted by Gasteiger charge is -2.35. The molecule has 14 heteroatoms. The summed E-state index contributed by atoms with van der Waals surface area (Å²) in [5.74, 6) is 0.147. The minimum Gasteiger partial charge on any atom is -0.452 e. The Kier molecular flexibility index (Phi) is 7.13. The van der Waals surface area contributed by atoms with E-state index in [0.717, 1.165) is 6.26 Å². The van der Waals surface area contributed by atoms with Gasteiger partial charge in [0.25, 0.3) is 0 Å². The molecule has 0 unspecified atom stereocenters. The first kappa shape index (κ1) is 26.4. The minimum atomic E-state index is -4.60. The van der Waals surface area contributed by atoms with E-state index >= 15 is 0 Å². The molecule has 3 heterocycles. The van der Waals surface area contributed by atoms with Crippen molar-refractivity contribution in [2.45, 2.75) is 38.5 Å². The van der Waals surface area contributed by atoms with Gasteiger partial charge in [0.1, 0.15) is 15.6 Å². The molecule has 37 heavy (non-hydrogen) atoms. The van der Waals surface area contributed by atoms with Crippen LogP contribution in [0.2, 0.25) is 0 Å². The molecule has 198 valence electrons. The number of benzene rings is 1. The number of sulfone groups is 1. The number of methoxy groups -OCH3 is 1. The second kappa shape index (κ2) is 10.00. The van der Waals surface area contributed by atoms with Crippen LogP contribution in [0.5, 0.6) is 11.8 Å². The fourth-order valence-corrected chi connectivity index (χ4v) is 4.53. The van der Waals surface area contributed by atoms with E-state index in [4.69, 9.17) is 9.47 Å². The number of rotatable bonds is 6. The molecule has 0 aliphatic carbocycles. The first-order valence-corrected chi connectivity index (χ1v) is 13.2. The number of aromatic nitrogens is 4. The molecule has 0 radical (unpaired) electrons. The molecule has 3 aromatic rings. The van der Waals surface area contributed by atoms with Crippen molar-refractivity contribution in [2.75, 3.05) is 24.0 Å². The Bertz CT molecular complexity index is 1410. The highest BCUT2D eigenvalue weighted by molar-refractivity contribution is 7.90. The van der Waals surface area contributed by atoms with Gasteiger partial charge in [-0.2, -0.15) is 18.3 Å². The van der Waals surface area contributed by atoms with Gasteiger partial charge in [-0.05, 0) is 31.9 Å². The van der Waals surface area contributed by atoms with Crippen molar-refractivity contribution >= 4 is 21.6 Å². The Balaban J connectivity index is 1.79. The molecule has 0 bridgehead atoms. The molecule has 0 fully saturated rings. The van der Waals surface area contributed by atoms with E-state index in [0.29, 0.717) is 47.6 Å². The van der Waals surface area contributed by atoms with Crippen LogP contribution in [-0.2, 0) is 33.7 Å². The first-order valence-electron chi connectivity index (χ1n) is 11.2. The van der Waals surface area contributed by atoms with E-state index in [-0.39, 0.29) is 30.1 Å². The van der Waals surface area contributed by atoms with E-state index in [1.807, 2.05) is 6.92 Å². The lowest BCUT2D eigenvalue weighted by molar-refractivity contribution is -0.138. The number of alkyl halides is 3. The predicted octanol–water partition coefficient (Wildman–Crippen LogP) is 4.10. The van der Waals surface area contributed by atoms with Crippen molar-refractivity contribution < 1.29 is 35.9 Å². The SMILES string of the molecule is COC(=O)N1c2ccc(-c3cnn(CCS(C)(=O)=O)c3)c(Oc3ncc(C(F)(F)F)cn3)c2CC[C@@H]1C. The summed E-state index contributed by atoms with van der Waals surface area (Å²) in [5.41, 5.74) is 1.22. The zero-order valence-electron chi connectivity index (χ0n) is 20.2. The highest BCUT2D eigenvalue weighted by Gasteiger charge is 2.34. The van der Waals surface area contributed by atoms with Crippen molar-refractivity contribution in [1.29, 1.82) is 0 Å². The summed E-state index contributed by atoms with van der Waals surface area (Å²) in [7, 11) is -1.93. The van der Waals surface area contributed by atoms with Crippen LogP contribution in [0.25, 0.3) is 11.1 Å². The van der Waals surface area contributed by atoms with E-state index in [9.17, 15) is 26.4 Å². The largest absolute Gasteiger partial charge is 0.452 e. The first-order chi connectivity index (χ1) is 17.4. The molecule has 0 saturated carbocycles. The van der Waals surface area contributed by atoms with Gasteiger partial charge >= 0.3 is 18.3 Å². The fourth-order valence-electron chi connectivity index (χ4n) is 4.02. The van der Waals surface area contributed by atoms with Gasteiger partial charge in [0.2, 0.25) is 0 Å². The van der Waals surface area contributed by atoms with Crippen molar-refractivity contribution in [3.63, 3.8) is 0 Å². The average Bonchev–Trinajstić information content (AvgIpc) is 3.30. The van der Waals surface area contributed by atoms with E-state index in [1.54, 1.807) is 18.3 Å². The highest BCUT2D eigenvalue weighted by Crippen LogP contribution is 2.44. The molecule has 0 spiro atoms. The Morgan fingerprint density at radius 2 is 1.89 bits per heavy atom. The van der Waals surface area contributed by atoms with Crippen LogP contribution < -0.4 is 9.64 Å². The van der Waals surface area contributed by atoms with Gasteiger partial charge in [0.15, 0.2) is 0 Å². The minimum absolute atomic E-state index is 0.104. The van der Waals surface area contributed by atoms with Crippen LogP contribution in [0, 0.1) is 0 Å². The second-order valence-corrected chi connectivity index (χ2v) is 10.9. The number of hydrogen-bond donors (Lipinski definition) is 0.